The highest BCUT2D eigenvalue weighted by Gasteiger charge is 2.14. The van der Waals surface area contributed by atoms with Crippen LogP contribution in [0.15, 0.2) is 30.5 Å². The Labute approximate surface area is 123 Å². The molecule has 2 aromatic rings. The second-order valence-corrected chi connectivity index (χ2v) is 4.54. The predicted octanol–water partition coefficient (Wildman–Crippen LogP) is 3.65. The molecule has 100 valence electrons. The molecule has 0 unspecified atom stereocenters. The first-order valence-electron chi connectivity index (χ1n) is 5.33. The molecule has 0 radical (unpaired) electrons. The number of anilines is 1. The summed E-state index contributed by atoms with van der Waals surface area (Å²) in [6.45, 7) is 0. The Hall–Kier alpha value is -2.16. The summed E-state index contributed by atoms with van der Waals surface area (Å²) in [5.74, 6) is -1.13. The number of carbonyl (C=O) groups is 1. The van der Waals surface area contributed by atoms with Crippen molar-refractivity contribution in [1.82, 2.24) is 4.98 Å². The van der Waals surface area contributed by atoms with Gasteiger partial charge in [-0.1, -0.05) is 23.2 Å². The van der Waals surface area contributed by atoms with Gasteiger partial charge in [-0.15, -0.1) is 0 Å². The Morgan fingerprint density at radius 2 is 2.10 bits per heavy atom. The highest BCUT2D eigenvalue weighted by molar-refractivity contribution is 6.35. The Bertz CT molecular complexity index is 728. The number of pyridine rings is 1. The number of hydrogen-bond acceptors (Lipinski definition) is 3. The smallest absolute Gasteiger partial charge is 0.257 e. The normalized spacial score (nSPS) is 9.90. The molecule has 1 amide bonds. The third-order valence-electron chi connectivity index (χ3n) is 2.42. The van der Waals surface area contributed by atoms with Crippen LogP contribution in [0.1, 0.15) is 15.9 Å². The molecule has 0 saturated carbocycles. The molecule has 4 nitrogen and oxygen atoms in total. The van der Waals surface area contributed by atoms with Crippen LogP contribution in [0.4, 0.5) is 10.1 Å². The van der Waals surface area contributed by atoms with Gasteiger partial charge in [0.05, 0.1) is 21.8 Å². The molecule has 2 rings (SSSR count). The first-order chi connectivity index (χ1) is 9.51. The number of hydrogen-bond donors (Lipinski definition) is 1. The second-order valence-electron chi connectivity index (χ2n) is 3.74. The summed E-state index contributed by atoms with van der Waals surface area (Å²) < 4.78 is 13.0. The molecule has 0 fully saturated rings. The molecule has 0 aliphatic carbocycles. The van der Waals surface area contributed by atoms with E-state index in [0.717, 1.165) is 12.1 Å². The van der Waals surface area contributed by atoms with E-state index in [1.165, 1.54) is 18.3 Å². The number of carbonyl (C=O) groups excluding carboxylic acids is 1. The van der Waals surface area contributed by atoms with Crippen LogP contribution in [0.5, 0.6) is 0 Å². The number of nitriles is 1. The highest BCUT2D eigenvalue weighted by atomic mass is 35.5. The minimum atomic E-state index is -0.567. The van der Waals surface area contributed by atoms with Crippen molar-refractivity contribution in [3.8, 4) is 6.07 Å². The standard InChI is InChI=1S/C13H6Cl2FN3O/c14-10-6-18-12(15)4-9(10)13(20)19-11-2-1-8(16)3-7(11)5-17/h1-4,6H,(H,19,20). The average molecular weight is 310 g/mol. The molecule has 0 aliphatic rings. The fraction of sp³-hybridized carbons (Fsp3) is 0. The van der Waals surface area contributed by atoms with E-state index in [1.54, 1.807) is 6.07 Å². The zero-order valence-corrected chi connectivity index (χ0v) is 11.3. The van der Waals surface area contributed by atoms with Gasteiger partial charge in [-0.2, -0.15) is 5.26 Å². The number of amides is 1. The van der Waals surface area contributed by atoms with Crippen molar-refractivity contribution in [1.29, 1.82) is 5.26 Å². The van der Waals surface area contributed by atoms with Crippen LogP contribution in [-0.4, -0.2) is 10.9 Å². The molecular weight excluding hydrogens is 304 g/mol. The molecule has 1 N–H and O–H groups in total. The Morgan fingerprint density at radius 1 is 1.35 bits per heavy atom. The Kier molecular flexibility index (Phi) is 4.18. The van der Waals surface area contributed by atoms with E-state index < -0.39 is 11.7 Å². The van der Waals surface area contributed by atoms with Gasteiger partial charge >= 0.3 is 0 Å². The number of halogens is 3. The van der Waals surface area contributed by atoms with Gasteiger partial charge in [0.1, 0.15) is 17.0 Å². The summed E-state index contributed by atoms with van der Waals surface area (Å²) in [5, 5.41) is 11.6. The fourth-order valence-electron chi connectivity index (χ4n) is 1.49. The molecule has 0 spiro atoms. The van der Waals surface area contributed by atoms with Gasteiger partial charge in [-0.05, 0) is 24.3 Å². The maximum absolute atomic E-state index is 13.0. The van der Waals surface area contributed by atoms with Gasteiger partial charge in [0, 0.05) is 6.20 Å². The van der Waals surface area contributed by atoms with Gasteiger partial charge in [-0.25, -0.2) is 9.37 Å². The predicted molar refractivity (Wildman–Crippen MR) is 73.3 cm³/mol. The van der Waals surface area contributed by atoms with E-state index in [0.29, 0.717) is 0 Å². The number of nitrogens with zero attached hydrogens (tertiary/aromatic N) is 2. The molecule has 1 aromatic heterocycles. The molecular formula is C13H6Cl2FN3O. The maximum Gasteiger partial charge on any atom is 0.257 e. The monoisotopic (exact) mass is 309 g/mol. The molecule has 7 heteroatoms. The number of aromatic nitrogens is 1. The topological polar surface area (TPSA) is 65.8 Å². The van der Waals surface area contributed by atoms with Crippen molar-refractivity contribution in [2.45, 2.75) is 0 Å². The zero-order chi connectivity index (χ0) is 14.7. The van der Waals surface area contributed by atoms with Crippen molar-refractivity contribution >= 4 is 34.8 Å². The van der Waals surface area contributed by atoms with Crippen molar-refractivity contribution in [2.24, 2.45) is 0 Å². The van der Waals surface area contributed by atoms with Crippen LogP contribution in [0.25, 0.3) is 0 Å². The average Bonchev–Trinajstić information content (AvgIpc) is 2.43. The maximum atomic E-state index is 13.0. The largest absolute Gasteiger partial charge is 0.321 e. The lowest BCUT2D eigenvalue weighted by Crippen LogP contribution is -2.13. The van der Waals surface area contributed by atoms with Gasteiger partial charge in [0.25, 0.3) is 5.91 Å². The molecule has 0 bridgehead atoms. The van der Waals surface area contributed by atoms with Crippen LogP contribution >= 0.6 is 23.2 Å². The highest BCUT2D eigenvalue weighted by Crippen LogP contribution is 2.21. The number of benzene rings is 1. The molecule has 1 heterocycles. The van der Waals surface area contributed by atoms with Crippen LogP contribution in [-0.2, 0) is 0 Å². The minimum absolute atomic E-state index is 0.00891. The van der Waals surface area contributed by atoms with Gasteiger partial charge in [0.15, 0.2) is 0 Å². The SMILES string of the molecule is N#Cc1cc(F)ccc1NC(=O)c1cc(Cl)ncc1Cl. The zero-order valence-electron chi connectivity index (χ0n) is 9.82. The summed E-state index contributed by atoms with van der Waals surface area (Å²) in [4.78, 5) is 15.8. The number of rotatable bonds is 2. The van der Waals surface area contributed by atoms with Gasteiger partial charge in [0.2, 0.25) is 0 Å². The van der Waals surface area contributed by atoms with Crippen molar-refractivity contribution in [3.05, 3.63) is 57.6 Å². The molecule has 20 heavy (non-hydrogen) atoms. The van der Waals surface area contributed by atoms with Gasteiger partial charge in [-0.3, -0.25) is 4.79 Å². The van der Waals surface area contributed by atoms with Crippen LogP contribution < -0.4 is 5.32 Å². The van der Waals surface area contributed by atoms with Gasteiger partial charge < -0.3 is 5.32 Å². The lowest BCUT2D eigenvalue weighted by atomic mass is 10.1. The lowest BCUT2D eigenvalue weighted by Gasteiger charge is -2.08. The van der Waals surface area contributed by atoms with Crippen molar-refractivity contribution < 1.29 is 9.18 Å². The van der Waals surface area contributed by atoms with Crippen molar-refractivity contribution in [3.63, 3.8) is 0 Å². The third kappa shape index (κ3) is 3.05. The Morgan fingerprint density at radius 3 is 2.80 bits per heavy atom. The molecule has 0 aliphatic heterocycles. The molecule has 0 atom stereocenters. The van der Waals surface area contributed by atoms with Crippen LogP contribution in [0.3, 0.4) is 0 Å². The Balaban J connectivity index is 2.33. The fourth-order valence-corrected chi connectivity index (χ4v) is 1.84. The first kappa shape index (κ1) is 14.3. The van der Waals surface area contributed by atoms with E-state index in [-0.39, 0.29) is 27.0 Å². The van der Waals surface area contributed by atoms with Crippen LogP contribution in [0.2, 0.25) is 10.2 Å². The second kappa shape index (κ2) is 5.87. The van der Waals surface area contributed by atoms with Crippen molar-refractivity contribution in [2.75, 3.05) is 5.32 Å². The summed E-state index contributed by atoms with van der Waals surface area (Å²) in [6, 6.07) is 6.55. The summed E-state index contributed by atoms with van der Waals surface area (Å²) >= 11 is 11.5. The van der Waals surface area contributed by atoms with Crippen LogP contribution in [0, 0.1) is 17.1 Å². The lowest BCUT2D eigenvalue weighted by molar-refractivity contribution is 0.102. The summed E-state index contributed by atoms with van der Waals surface area (Å²) in [6.07, 6.45) is 1.24. The van der Waals surface area contributed by atoms with E-state index in [9.17, 15) is 9.18 Å². The minimum Gasteiger partial charge on any atom is -0.321 e. The quantitative estimate of drug-likeness (QED) is 0.861. The third-order valence-corrected chi connectivity index (χ3v) is 2.92. The molecule has 0 saturated heterocycles. The first-order valence-corrected chi connectivity index (χ1v) is 6.09. The van der Waals surface area contributed by atoms with E-state index in [2.05, 4.69) is 10.3 Å². The van der Waals surface area contributed by atoms with E-state index >= 15 is 0 Å². The molecule has 1 aromatic carbocycles. The summed E-state index contributed by atoms with van der Waals surface area (Å²) in [5.41, 5.74) is 0.303. The van der Waals surface area contributed by atoms with E-state index in [4.69, 9.17) is 28.5 Å². The number of nitrogens with one attached hydrogen (secondary N) is 1. The summed E-state index contributed by atoms with van der Waals surface area (Å²) in [7, 11) is 0. The van der Waals surface area contributed by atoms with E-state index in [1.807, 2.05) is 0 Å².